The van der Waals surface area contributed by atoms with Gasteiger partial charge >= 0.3 is 6.18 Å². The van der Waals surface area contributed by atoms with E-state index in [1.807, 2.05) is 36.1 Å². The summed E-state index contributed by atoms with van der Waals surface area (Å²) in [5.41, 5.74) is -1.77. The predicted octanol–water partition coefficient (Wildman–Crippen LogP) is 4.27. The molecule has 29 heavy (non-hydrogen) atoms. The van der Waals surface area contributed by atoms with Gasteiger partial charge in [0.2, 0.25) is 0 Å². The number of benzene rings is 1. The third-order valence-corrected chi connectivity index (χ3v) is 6.12. The number of para-hydroxylation sites is 1. The Bertz CT molecular complexity index is 1030. The minimum atomic E-state index is -4.76. The number of rotatable bonds is 2. The van der Waals surface area contributed by atoms with Crippen molar-refractivity contribution in [3.8, 4) is 6.07 Å². The third-order valence-electron chi connectivity index (χ3n) is 5.66. The van der Waals surface area contributed by atoms with Gasteiger partial charge in [-0.3, -0.25) is 9.69 Å². The third kappa shape index (κ3) is 2.85. The van der Waals surface area contributed by atoms with Crippen LogP contribution >= 0.6 is 12.6 Å². The number of nitrogens with zero attached hydrogens (tertiary/aromatic N) is 4. The molecule has 5 nitrogen and oxygen atoms in total. The number of thiol groups is 1. The highest BCUT2D eigenvalue weighted by atomic mass is 32.1. The molecule has 0 radical (unpaired) electrons. The number of halogens is 3. The van der Waals surface area contributed by atoms with Gasteiger partial charge in [0.25, 0.3) is 5.91 Å². The van der Waals surface area contributed by atoms with Gasteiger partial charge in [-0.1, -0.05) is 18.2 Å². The first-order chi connectivity index (χ1) is 13.7. The molecule has 0 N–H and O–H groups in total. The smallest absolute Gasteiger partial charge is 0.327 e. The van der Waals surface area contributed by atoms with Crippen LogP contribution in [0.4, 0.5) is 24.5 Å². The fourth-order valence-corrected chi connectivity index (χ4v) is 4.65. The SMILES string of the molecule is Cc1ccccc1N1C(S)N(c2cnc(C#N)c(C(F)(F)F)c2)C(=O)C12CCC2. The van der Waals surface area contributed by atoms with Crippen molar-refractivity contribution < 1.29 is 18.0 Å². The molecule has 1 aliphatic carbocycles. The van der Waals surface area contributed by atoms with Crippen LogP contribution in [0.1, 0.15) is 36.1 Å². The minimum absolute atomic E-state index is 0.0244. The van der Waals surface area contributed by atoms with Crippen LogP contribution in [0.2, 0.25) is 0 Å². The Hall–Kier alpha value is -2.73. The molecule has 1 saturated carbocycles. The van der Waals surface area contributed by atoms with E-state index in [1.54, 1.807) is 0 Å². The van der Waals surface area contributed by atoms with E-state index >= 15 is 0 Å². The van der Waals surface area contributed by atoms with E-state index < -0.39 is 28.5 Å². The van der Waals surface area contributed by atoms with Crippen LogP contribution in [0.5, 0.6) is 0 Å². The molecule has 1 amide bonds. The summed E-state index contributed by atoms with van der Waals surface area (Å²) >= 11 is 4.63. The summed E-state index contributed by atoms with van der Waals surface area (Å²) in [4.78, 5) is 20.2. The van der Waals surface area contributed by atoms with Gasteiger partial charge in [-0.05, 0) is 43.9 Å². The van der Waals surface area contributed by atoms with E-state index in [9.17, 15) is 18.0 Å². The highest BCUT2D eigenvalue weighted by Gasteiger charge is 2.60. The van der Waals surface area contributed by atoms with Crippen molar-refractivity contribution in [3.05, 3.63) is 53.3 Å². The Kier molecular flexibility index (Phi) is 4.50. The highest BCUT2D eigenvalue weighted by molar-refractivity contribution is 7.81. The first-order valence-corrected chi connectivity index (χ1v) is 9.56. The molecule has 1 spiro atoms. The van der Waals surface area contributed by atoms with E-state index in [2.05, 4.69) is 17.6 Å². The van der Waals surface area contributed by atoms with Crippen LogP contribution < -0.4 is 9.80 Å². The van der Waals surface area contributed by atoms with Crippen molar-refractivity contribution in [2.45, 2.75) is 43.4 Å². The zero-order valence-corrected chi connectivity index (χ0v) is 16.3. The van der Waals surface area contributed by atoms with Crippen molar-refractivity contribution in [3.63, 3.8) is 0 Å². The van der Waals surface area contributed by atoms with Crippen LogP contribution in [-0.2, 0) is 11.0 Å². The molecule has 1 unspecified atom stereocenters. The van der Waals surface area contributed by atoms with Gasteiger partial charge in [0, 0.05) is 5.69 Å². The first-order valence-electron chi connectivity index (χ1n) is 9.05. The summed E-state index contributed by atoms with van der Waals surface area (Å²) < 4.78 is 40.2. The molecule has 9 heteroatoms. The Morgan fingerprint density at radius 2 is 2.00 bits per heavy atom. The maximum atomic E-state index is 13.4. The normalized spacial score (nSPS) is 20.7. The maximum Gasteiger partial charge on any atom is 0.419 e. The average molecular weight is 418 g/mol. The van der Waals surface area contributed by atoms with Crippen LogP contribution in [0, 0.1) is 18.3 Å². The molecule has 150 valence electrons. The summed E-state index contributed by atoms with van der Waals surface area (Å²) in [5.74, 6) is -0.299. The Balaban J connectivity index is 1.83. The van der Waals surface area contributed by atoms with Gasteiger partial charge in [-0.15, -0.1) is 12.6 Å². The Morgan fingerprint density at radius 3 is 2.55 bits per heavy atom. The van der Waals surface area contributed by atoms with Gasteiger partial charge in [0.1, 0.15) is 11.6 Å². The molecule has 1 aromatic carbocycles. The number of aromatic nitrogens is 1. The second-order valence-corrected chi connectivity index (χ2v) is 7.72. The van der Waals surface area contributed by atoms with Crippen molar-refractivity contribution in [2.24, 2.45) is 0 Å². The number of pyridine rings is 1. The van der Waals surface area contributed by atoms with Gasteiger partial charge in [0.05, 0.1) is 17.4 Å². The molecule has 2 fully saturated rings. The number of alkyl halides is 3. The number of amides is 1. The molecule has 2 aromatic rings. The van der Waals surface area contributed by atoms with Crippen molar-refractivity contribution >= 4 is 29.9 Å². The molecule has 2 aliphatic rings. The van der Waals surface area contributed by atoms with Crippen LogP contribution in [0.25, 0.3) is 0 Å². The fraction of sp³-hybridized carbons (Fsp3) is 0.350. The molecule has 1 aliphatic heterocycles. The lowest BCUT2D eigenvalue weighted by atomic mass is 9.75. The van der Waals surface area contributed by atoms with Gasteiger partial charge in [-0.2, -0.15) is 18.4 Å². The number of hydrogen-bond donors (Lipinski definition) is 1. The highest BCUT2D eigenvalue weighted by Crippen LogP contribution is 2.51. The quantitative estimate of drug-likeness (QED) is 0.740. The second-order valence-electron chi connectivity index (χ2n) is 7.26. The molecule has 1 atom stereocenters. The number of carbonyl (C=O) groups is 1. The molecule has 1 aromatic heterocycles. The molecule has 0 bridgehead atoms. The molecule has 1 saturated heterocycles. The maximum absolute atomic E-state index is 13.4. The van der Waals surface area contributed by atoms with Gasteiger partial charge < -0.3 is 4.90 Å². The molecular weight excluding hydrogens is 401 g/mol. The zero-order chi connectivity index (χ0) is 21.0. The van der Waals surface area contributed by atoms with Crippen LogP contribution in [0.15, 0.2) is 36.5 Å². The lowest BCUT2D eigenvalue weighted by molar-refractivity contribution is -0.138. The number of aryl methyl sites for hydroxylation is 1. The fourth-order valence-electron chi connectivity index (χ4n) is 4.07. The molecule has 4 rings (SSSR count). The minimum Gasteiger partial charge on any atom is -0.327 e. The second kappa shape index (κ2) is 6.66. The molecule has 2 heterocycles. The van der Waals surface area contributed by atoms with E-state index in [0.29, 0.717) is 12.8 Å². The van der Waals surface area contributed by atoms with Crippen molar-refractivity contribution in [1.29, 1.82) is 5.26 Å². The van der Waals surface area contributed by atoms with E-state index in [-0.39, 0.29) is 11.6 Å². The average Bonchev–Trinajstić information content (AvgIpc) is 2.88. The topological polar surface area (TPSA) is 60.2 Å². The first kappa shape index (κ1) is 19.6. The summed E-state index contributed by atoms with van der Waals surface area (Å²) in [6.07, 6.45) is -1.58. The van der Waals surface area contributed by atoms with E-state index in [0.717, 1.165) is 29.9 Å². The Labute approximate surface area is 171 Å². The van der Waals surface area contributed by atoms with Gasteiger partial charge in [-0.25, -0.2) is 4.98 Å². The number of nitriles is 1. The van der Waals surface area contributed by atoms with Gasteiger partial charge in [0.15, 0.2) is 11.2 Å². The Morgan fingerprint density at radius 1 is 1.31 bits per heavy atom. The monoisotopic (exact) mass is 418 g/mol. The number of carbonyl (C=O) groups excluding carboxylic acids is 1. The largest absolute Gasteiger partial charge is 0.419 e. The number of anilines is 2. The lowest BCUT2D eigenvalue weighted by Gasteiger charge is -2.45. The lowest BCUT2D eigenvalue weighted by Crippen LogP contribution is -2.55. The van der Waals surface area contributed by atoms with E-state index in [1.165, 1.54) is 11.0 Å². The summed E-state index contributed by atoms with van der Waals surface area (Å²) in [6, 6.07) is 9.80. The summed E-state index contributed by atoms with van der Waals surface area (Å²) in [6.45, 7) is 1.92. The van der Waals surface area contributed by atoms with E-state index in [4.69, 9.17) is 5.26 Å². The standard InChI is InChI=1S/C20H17F3N4OS/c1-12-5-2-3-6-16(12)27-18(29)26(17(28)19(27)7-4-8-19)13-9-14(20(21,22)23)15(10-24)25-11-13/h2-3,5-6,9,11,18,29H,4,7-8H2,1H3. The van der Waals surface area contributed by atoms with Crippen molar-refractivity contribution in [2.75, 3.05) is 9.80 Å². The van der Waals surface area contributed by atoms with Crippen molar-refractivity contribution in [1.82, 2.24) is 4.98 Å². The molecular formula is C20H17F3N4OS. The summed E-state index contributed by atoms with van der Waals surface area (Å²) in [5, 5.41) is 8.98. The predicted molar refractivity (Wildman–Crippen MR) is 104 cm³/mol. The number of hydrogen-bond acceptors (Lipinski definition) is 5. The van der Waals surface area contributed by atoms with Crippen LogP contribution in [0.3, 0.4) is 0 Å². The summed E-state index contributed by atoms with van der Waals surface area (Å²) in [7, 11) is 0. The zero-order valence-electron chi connectivity index (χ0n) is 15.4. The van der Waals surface area contributed by atoms with Crippen LogP contribution in [-0.4, -0.2) is 21.9 Å².